The van der Waals surface area contributed by atoms with Crippen LogP contribution >= 0.6 is 0 Å². The number of carbonyl (C=O) groups excluding carboxylic acids is 1. The molecule has 1 fully saturated rings. The molecule has 0 bridgehead atoms. The quantitative estimate of drug-likeness (QED) is 0.757. The third-order valence-electron chi connectivity index (χ3n) is 5.01. The predicted octanol–water partition coefficient (Wildman–Crippen LogP) is 3.24. The van der Waals surface area contributed by atoms with Gasteiger partial charge in [0.15, 0.2) is 11.5 Å². The van der Waals surface area contributed by atoms with Gasteiger partial charge in [0.1, 0.15) is 0 Å². The lowest BCUT2D eigenvalue weighted by atomic mass is 10.1. The SMILES string of the molecule is COc1cc(C(=O)NCc2ccc(CN3CCCC3)cc2)cc(OC)c1OC. The van der Waals surface area contributed by atoms with Gasteiger partial charge in [-0.1, -0.05) is 24.3 Å². The Bertz CT molecular complexity index is 774. The van der Waals surface area contributed by atoms with E-state index in [1.807, 2.05) is 0 Å². The van der Waals surface area contributed by atoms with Gasteiger partial charge in [-0.05, 0) is 49.2 Å². The maximum atomic E-state index is 12.6. The lowest BCUT2D eigenvalue weighted by Crippen LogP contribution is -2.23. The Morgan fingerprint density at radius 3 is 2.04 bits per heavy atom. The summed E-state index contributed by atoms with van der Waals surface area (Å²) in [6, 6.07) is 11.7. The first-order valence-corrected chi connectivity index (χ1v) is 9.53. The number of ether oxygens (including phenoxy) is 3. The van der Waals surface area contributed by atoms with E-state index in [0.29, 0.717) is 29.4 Å². The predicted molar refractivity (Wildman–Crippen MR) is 108 cm³/mol. The molecule has 0 atom stereocenters. The fraction of sp³-hybridized carbons (Fsp3) is 0.409. The molecule has 0 aromatic heterocycles. The average molecular weight is 384 g/mol. The number of methoxy groups -OCH3 is 3. The fourth-order valence-corrected chi connectivity index (χ4v) is 3.46. The Hall–Kier alpha value is -2.73. The van der Waals surface area contributed by atoms with Gasteiger partial charge in [0.05, 0.1) is 21.3 Å². The number of nitrogens with one attached hydrogen (secondary N) is 1. The van der Waals surface area contributed by atoms with E-state index >= 15 is 0 Å². The minimum absolute atomic E-state index is 0.194. The van der Waals surface area contributed by atoms with Crippen LogP contribution in [0.5, 0.6) is 17.2 Å². The van der Waals surface area contributed by atoms with Crippen molar-refractivity contribution in [2.45, 2.75) is 25.9 Å². The maximum absolute atomic E-state index is 12.6. The first-order chi connectivity index (χ1) is 13.6. The Morgan fingerprint density at radius 2 is 1.50 bits per heavy atom. The summed E-state index contributed by atoms with van der Waals surface area (Å²) in [6.07, 6.45) is 2.59. The van der Waals surface area contributed by atoms with Crippen LogP contribution in [-0.4, -0.2) is 45.2 Å². The lowest BCUT2D eigenvalue weighted by molar-refractivity contribution is 0.0950. The van der Waals surface area contributed by atoms with Crippen molar-refractivity contribution in [2.75, 3.05) is 34.4 Å². The molecule has 150 valence electrons. The molecule has 0 aliphatic carbocycles. The number of nitrogens with zero attached hydrogens (tertiary/aromatic N) is 1. The van der Waals surface area contributed by atoms with Crippen LogP contribution in [0.15, 0.2) is 36.4 Å². The smallest absolute Gasteiger partial charge is 0.251 e. The molecule has 6 heteroatoms. The van der Waals surface area contributed by atoms with Crippen molar-refractivity contribution < 1.29 is 19.0 Å². The summed E-state index contributed by atoms with van der Waals surface area (Å²) in [4.78, 5) is 15.1. The molecule has 1 aliphatic heterocycles. The third-order valence-corrected chi connectivity index (χ3v) is 5.01. The standard InChI is InChI=1S/C22H28N2O4/c1-26-19-12-18(13-20(27-2)21(19)28-3)22(25)23-14-16-6-8-17(9-7-16)15-24-10-4-5-11-24/h6-9,12-13H,4-5,10-11,14-15H2,1-3H3,(H,23,25). The van der Waals surface area contributed by atoms with Crippen molar-refractivity contribution in [3.8, 4) is 17.2 Å². The first-order valence-electron chi connectivity index (χ1n) is 9.53. The number of hydrogen-bond acceptors (Lipinski definition) is 5. The molecule has 3 rings (SSSR count). The third kappa shape index (κ3) is 4.75. The highest BCUT2D eigenvalue weighted by Crippen LogP contribution is 2.38. The largest absolute Gasteiger partial charge is 0.493 e. The van der Waals surface area contributed by atoms with Crippen molar-refractivity contribution in [1.82, 2.24) is 10.2 Å². The molecule has 2 aromatic carbocycles. The van der Waals surface area contributed by atoms with Gasteiger partial charge in [0, 0.05) is 18.7 Å². The molecule has 1 heterocycles. The molecule has 0 radical (unpaired) electrons. The molecule has 1 aliphatic rings. The van der Waals surface area contributed by atoms with Gasteiger partial charge in [-0.15, -0.1) is 0 Å². The number of benzene rings is 2. The zero-order valence-corrected chi connectivity index (χ0v) is 16.8. The zero-order valence-electron chi connectivity index (χ0n) is 16.8. The van der Waals surface area contributed by atoms with E-state index in [0.717, 1.165) is 12.1 Å². The molecule has 1 amide bonds. The highest BCUT2D eigenvalue weighted by molar-refractivity contribution is 5.95. The summed E-state index contributed by atoms with van der Waals surface area (Å²) in [5.74, 6) is 1.19. The molecule has 2 aromatic rings. The molecule has 1 saturated heterocycles. The normalized spacial score (nSPS) is 14.0. The van der Waals surface area contributed by atoms with Crippen molar-refractivity contribution >= 4 is 5.91 Å². The summed E-state index contributed by atoms with van der Waals surface area (Å²) >= 11 is 0. The van der Waals surface area contributed by atoms with Gasteiger partial charge in [0.25, 0.3) is 5.91 Å². The minimum Gasteiger partial charge on any atom is -0.493 e. The minimum atomic E-state index is -0.194. The van der Waals surface area contributed by atoms with E-state index < -0.39 is 0 Å². The number of amides is 1. The number of carbonyl (C=O) groups is 1. The second-order valence-corrected chi connectivity index (χ2v) is 6.90. The van der Waals surface area contributed by atoms with Crippen LogP contribution in [0.3, 0.4) is 0 Å². The molecule has 6 nitrogen and oxygen atoms in total. The summed E-state index contributed by atoms with van der Waals surface area (Å²) in [6.45, 7) is 3.83. The van der Waals surface area contributed by atoms with Crippen LogP contribution in [0, 0.1) is 0 Å². The van der Waals surface area contributed by atoms with Crippen LogP contribution in [0.2, 0.25) is 0 Å². The van der Waals surface area contributed by atoms with Crippen molar-refractivity contribution in [3.63, 3.8) is 0 Å². The van der Waals surface area contributed by atoms with Crippen LogP contribution in [0.1, 0.15) is 34.3 Å². The van der Waals surface area contributed by atoms with E-state index in [-0.39, 0.29) is 5.91 Å². The summed E-state index contributed by atoms with van der Waals surface area (Å²) in [5.41, 5.74) is 2.83. The second-order valence-electron chi connectivity index (χ2n) is 6.90. The van der Waals surface area contributed by atoms with E-state index in [1.165, 1.54) is 52.8 Å². The highest BCUT2D eigenvalue weighted by atomic mass is 16.5. The van der Waals surface area contributed by atoms with Crippen molar-refractivity contribution in [1.29, 1.82) is 0 Å². The summed E-state index contributed by atoms with van der Waals surface area (Å²) in [7, 11) is 4.60. The zero-order chi connectivity index (χ0) is 19.9. The molecular formula is C22H28N2O4. The van der Waals surface area contributed by atoms with Gasteiger partial charge in [0.2, 0.25) is 5.75 Å². The molecule has 1 N–H and O–H groups in total. The van der Waals surface area contributed by atoms with Crippen LogP contribution < -0.4 is 19.5 Å². The molecule has 0 unspecified atom stereocenters. The number of likely N-dealkylation sites (tertiary alicyclic amines) is 1. The van der Waals surface area contributed by atoms with Crippen LogP contribution in [0.4, 0.5) is 0 Å². The molecule has 28 heavy (non-hydrogen) atoms. The maximum Gasteiger partial charge on any atom is 0.251 e. The first kappa shape index (κ1) is 20.0. The van der Waals surface area contributed by atoms with E-state index in [9.17, 15) is 4.79 Å². The van der Waals surface area contributed by atoms with Crippen LogP contribution in [-0.2, 0) is 13.1 Å². The summed E-state index contributed by atoms with van der Waals surface area (Å²) < 4.78 is 15.9. The monoisotopic (exact) mass is 384 g/mol. The van der Waals surface area contributed by atoms with Crippen molar-refractivity contribution in [3.05, 3.63) is 53.1 Å². The fourth-order valence-electron chi connectivity index (χ4n) is 3.46. The Kier molecular flexibility index (Phi) is 6.76. The Balaban J connectivity index is 1.62. The second kappa shape index (κ2) is 9.46. The topological polar surface area (TPSA) is 60.0 Å². The van der Waals surface area contributed by atoms with Gasteiger partial charge in [-0.2, -0.15) is 0 Å². The van der Waals surface area contributed by atoms with E-state index in [1.54, 1.807) is 12.1 Å². The van der Waals surface area contributed by atoms with Gasteiger partial charge in [-0.25, -0.2) is 0 Å². The Morgan fingerprint density at radius 1 is 0.929 bits per heavy atom. The van der Waals surface area contributed by atoms with E-state index in [4.69, 9.17) is 14.2 Å². The number of hydrogen-bond donors (Lipinski definition) is 1. The summed E-state index contributed by atoms with van der Waals surface area (Å²) in [5, 5.41) is 2.95. The van der Waals surface area contributed by atoms with Crippen molar-refractivity contribution in [2.24, 2.45) is 0 Å². The van der Waals surface area contributed by atoms with Gasteiger partial charge >= 0.3 is 0 Å². The van der Waals surface area contributed by atoms with E-state index in [2.05, 4.69) is 34.5 Å². The van der Waals surface area contributed by atoms with Crippen LogP contribution in [0.25, 0.3) is 0 Å². The molecular weight excluding hydrogens is 356 g/mol. The highest BCUT2D eigenvalue weighted by Gasteiger charge is 2.17. The Labute approximate surface area is 166 Å². The average Bonchev–Trinajstić information content (AvgIpc) is 3.24. The number of rotatable bonds is 8. The van der Waals surface area contributed by atoms with Gasteiger partial charge in [-0.3, -0.25) is 9.69 Å². The lowest BCUT2D eigenvalue weighted by Gasteiger charge is -2.15. The van der Waals surface area contributed by atoms with Gasteiger partial charge < -0.3 is 19.5 Å². The molecule has 0 spiro atoms. The molecule has 0 saturated carbocycles.